The van der Waals surface area contributed by atoms with Gasteiger partial charge in [0.2, 0.25) is 0 Å². The third-order valence-corrected chi connectivity index (χ3v) is 0.829. The largest absolute Gasteiger partial charge is 0.415 e. The maximum absolute atomic E-state index is 11.8. The Morgan fingerprint density at radius 3 is 1.82 bits per heavy atom. The van der Waals surface area contributed by atoms with Gasteiger partial charge in [0.15, 0.2) is 0 Å². The van der Waals surface area contributed by atoms with Crippen molar-refractivity contribution in [3.8, 4) is 0 Å². The van der Waals surface area contributed by atoms with Crippen molar-refractivity contribution < 1.29 is 17.6 Å². The minimum atomic E-state index is -4.49. The molecule has 0 aromatic carbocycles. The highest BCUT2D eigenvalue weighted by atomic mass is 19.4. The van der Waals surface area contributed by atoms with E-state index in [1.54, 1.807) is 0 Å². The molecule has 0 heterocycles. The lowest BCUT2D eigenvalue weighted by Gasteiger charge is -2.03. The molecule has 0 nitrogen and oxygen atoms in total. The Labute approximate surface area is 61.5 Å². The third-order valence-electron chi connectivity index (χ3n) is 0.829. The number of alkyl halides is 3. The molecule has 4 heteroatoms. The molecule has 0 radical (unpaired) electrons. The van der Waals surface area contributed by atoms with Gasteiger partial charge in [0.1, 0.15) is 5.83 Å². The molecule has 0 aromatic heterocycles. The predicted molar refractivity (Wildman–Crippen MR) is 34.6 cm³/mol. The normalized spacial score (nSPS) is 12.0. The van der Waals surface area contributed by atoms with Crippen LogP contribution in [0.15, 0.2) is 36.7 Å². The van der Waals surface area contributed by atoms with E-state index >= 15 is 0 Å². The Morgan fingerprint density at radius 2 is 1.55 bits per heavy atom. The summed E-state index contributed by atoms with van der Waals surface area (Å²) in [7, 11) is 0. The smallest absolute Gasteiger partial charge is 0.208 e. The first-order valence-electron chi connectivity index (χ1n) is 2.62. The zero-order valence-corrected chi connectivity index (χ0v) is 5.58. The van der Waals surface area contributed by atoms with Crippen LogP contribution < -0.4 is 0 Å². The van der Waals surface area contributed by atoms with Crippen LogP contribution in [0.4, 0.5) is 17.6 Å². The highest BCUT2D eigenvalue weighted by Crippen LogP contribution is 2.24. The number of rotatable bonds is 2. The maximum atomic E-state index is 11.8. The molecule has 0 aliphatic carbocycles. The Balaban J connectivity index is 4.20. The summed E-state index contributed by atoms with van der Waals surface area (Å²) in [4.78, 5) is 0. The first-order valence-corrected chi connectivity index (χ1v) is 2.62. The fourth-order valence-electron chi connectivity index (χ4n) is 0.286. The van der Waals surface area contributed by atoms with Gasteiger partial charge in [-0.3, -0.25) is 0 Å². The summed E-state index contributed by atoms with van der Waals surface area (Å²) in [6.45, 7) is 5.43. The molecule has 11 heavy (non-hydrogen) atoms. The molecule has 0 bridgehead atoms. The second-order valence-electron chi connectivity index (χ2n) is 1.80. The third kappa shape index (κ3) is 4.36. The van der Waals surface area contributed by atoms with Crippen LogP contribution in [0.3, 0.4) is 0 Å². The molecule has 62 valence electrons. The van der Waals surface area contributed by atoms with E-state index in [0.29, 0.717) is 12.2 Å². The van der Waals surface area contributed by atoms with E-state index in [1.807, 2.05) is 0 Å². The molecule has 0 saturated carbocycles. The van der Waals surface area contributed by atoms with Crippen molar-refractivity contribution in [2.24, 2.45) is 0 Å². The summed E-state index contributed by atoms with van der Waals surface area (Å²) in [6, 6.07) is 0. The Bertz CT molecular complexity index is 197. The molecular weight excluding hydrogens is 160 g/mol. The van der Waals surface area contributed by atoms with Crippen LogP contribution in [-0.2, 0) is 0 Å². The number of hydrogen-bond acceptors (Lipinski definition) is 0. The average molecular weight is 166 g/mol. The standard InChI is InChI=1S/C7H6F4/c1-5(7(9,10)11)3-4-6(2)8/h3-4H,1-2H2. The van der Waals surface area contributed by atoms with Gasteiger partial charge in [0.25, 0.3) is 0 Å². The lowest BCUT2D eigenvalue weighted by Crippen LogP contribution is -2.08. The first-order chi connectivity index (χ1) is 4.84. The lowest BCUT2D eigenvalue weighted by molar-refractivity contribution is -0.0878. The van der Waals surface area contributed by atoms with Crippen molar-refractivity contribution in [1.29, 1.82) is 0 Å². The van der Waals surface area contributed by atoms with E-state index in [1.165, 1.54) is 0 Å². The minimum absolute atomic E-state index is 0.530. The second kappa shape index (κ2) is 3.37. The van der Waals surface area contributed by atoms with Gasteiger partial charge in [0.05, 0.1) is 0 Å². The van der Waals surface area contributed by atoms with Crippen LogP contribution in [0.1, 0.15) is 0 Å². The predicted octanol–water partition coefficient (Wildman–Crippen LogP) is 3.14. The summed E-state index contributed by atoms with van der Waals surface area (Å²) >= 11 is 0. The van der Waals surface area contributed by atoms with Crippen LogP contribution in [0.25, 0.3) is 0 Å². The molecule has 0 rings (SSSR count). The topological polar surface area (TPSA) is 0 Å². The summed E-state index contributed by atoms with van der Waals surface area (Å²) in [5.74, 6) is -0.935. The van der Waals surface area contributed by atoms with E-state index in [0.717, 1.165) is 0 Å². The number of halogens is 4. The molecule has 0 spiro atoms. The highest BCUT2D eigenvalue weighted by Gasteiger charge is 2.29. The fourth-order valence-corrected chi connectivity index (χ4v) is 0.286. The van der Waals surface area contributed by atoms with Gasteiger partial charge in [-0.2, -0.15) is 13.2 Å². The zero-order valence-electron chi connectivity index (χ0n) is 5.58. The fraction of sp³-hybridized carbons (Fsp3) is 0.143. The molecule has 0 atom stereocenters. The molecule has 0 aromatic rings. The summed E-state index contributed by atoms with van der Waals surface area (Å²) in [5.41, 5.74) is -1.10. The quantitative estimate of drug-likeness (QED) is 0.436. The monoisotopic (exact) mass is 166 g/mol. The summed E-state index contributed by atoms with van der Waals surface area (Å²) in [6.07, 6.45) is -3.36. The first kappa shape index (κ1) is 9.94. The SMILES string of the molecule is C=C(F)C=CC(=C)C(F)(F)F. The van der Waals surface area contributed by atoms with Crippen LogP contribution >= 0.6 is 0 Å². The Kier molecular flexibility index (Phi) is 3.04. The maximum Gasteiger partial charge on any atom is 0.415 e. The van der Waals surface area contributed by atoms with Gasteiger partial charge in [0, 0.05) is 5.57 Å². The second-order valence-corrected chi connectivity index (χ2v) is 1.80. The van der Waals surface area contributed by atoms with Gasteiger partial charge < -0.3 is 0 Å². The van der Waals surface area contributed by atoms with E-state index in [2.05, 4.69) is 13.2 Å². The van der Waals surface area contributed by atoms with Gasteiger partial charge in [-0.25, -0.2) is 4.39 Å². The van der Waals surface area contributed by atoms with Gasteiger partial charge in [-0.05, 0) is 12.2 Å². The molecule has 0 saturated heterocycles. The van der Waals surface area contributed by atoms with Crippen molar-refractivity contribution >= 4 is 0 Å². The van der Waals surface area contributed by atoms with E-state index in [-0.39, 0.29) is 0 Å². The van der Waals surface area contributed by atoms with Gasteiger partial charge >= 0.3 is 6.18 Å². The molecule has 0 fully saturated rings. The summed E-state index contributed by atoms with van der Waals surface area (Å²) in [5, 5.41) is 0. The molecule has 0 N–H and O–H groups in total. The minimum Gasteiger partial charge on any atom is -0.208 e. The van der Waals surface area contributed by atoms with Crippen LogP contribution in [-0.4, -0.2) is 6.18 Å². The van der Waals surface area contributed by atoms with Crippen LogP contribution in [0.5, 0.6) is 0 Å². The van der Waals surface area contributed by atoms with E-state index in [4.69, 9.17) is 0 Å². The van der Waals surface area contributed by atoms with Crippen LogP contribution in [0.2, 0.25) is 0 Å². The summed E-state index contributed by atoms with van der Waals surface area (Å²) < 4.78 is 46.6. The van der Waals surface area contributed by atoms with Crippen molar-refractivity contribution in [1.82, 2.24) is 0 Å². The molecule has 0 aliphatic rings. The Morgan fingerprint density at radius 1 is 1.09 bits per heavy atom. The Hall–Kier alpha value is -1.06. The molecule has 0 aliphatic heterocycles. The van der Waals surface area contributed by atoms with Crippen molar-refractivity contribution in [3.05, 3.63) is 36.7 Å². The van der Waals surface area contributed by atoms with Crippen molar-refractivity contribution in [2.45, 2.75) is 6.18 Å². The molecular formula is C7H6F4. The van der Waals surface area contributed by atoms with Gasteiger partial charge in [-0.1, -0.05) is 13.2 Å². The van der Waals surface area contributed by atoms with E-state index < -0.39 is 17.6 Å². The highest BCUT2D eigenvalue weighted by molar-refractivity contribution is 5.24. The number of allylic oxidation sites excluding steroid dienone is 4. The van der Waals surface area contributed by atoms with Crippen molar-refractivity contribution in [2.75, 3.05) is 0 Å². The molecule has 0 unspecified atom stereocenters. The number of hydrogen-bond donors (Lipinski definition) is 0. The zero-order chi connectivity index (χ0) is 9.07. The van der Waals surface area contributed by atoms with E-state index in [9.17, 15) is 17.6 Å². The van der Waals surface area contributed by atoms with Gasteiger partial charge in [-0.15, -0.1) is 0 Å². The lowest BCUT2D eigenvalue weighted by atomic mass is 10.2. The van der Waals surface area contributed by atoms with Crippen molar-refractivity contribution in [3.63, 3.8) is 0 Å². The average Bonchev–Trinajstić information content (AvgIpc) is 1.80. The molecule has 0 amide bonds. The van der Waals surface area contributed by atoms with Crippen LogP contribution in [0, 0.1) is 0 Å².